The van der Waals surface area contributed by atoms with Gasteiger partial charge < -0.3 is 10.2 Å². The summed E-state index contributed by atoms with van der Waals surface area (Å²) in [7, 11) is 0. The zero-order valence-corrected chi connectivity index (χ0v) is 19.1. The van der Waals surface area contributed by atoms with E-state index in [1.807, 2.05) is 13.8 Å². The molecule has 2 aromatic rings. The first-order valence-electron chi connectivity index (χ1n) is 9.90. The normalized spacial score (nSPS) is 12.7. The number of nitro benzene ring substituents is 1. The third-order valence-electron chi connectivity index (χ3n) is 5.09. The predicted octanol–water partition coefficient (Wildman–Crippen LogP) is 4.78. The Morgan fingerprint density at radius 1 is 1.10 bits per heavy atom. The molecule has 0 saturated carbocycles. The Bertz CT molecular complexity index is 947. The van der Waals surface area contributed by atoms with Gasteiger partial charge in [-0.3, -0.25) is 19.7 Å². The van der Waals surface area contributed by atoms with Crippen LogP contribution >= 0.6 is 23.2 Å². The number of carbonyl (C=O) groups is 2. The number of carbonyl (C=O) groups excluding carboxylic acids is 2. The second kappa shape index (κ2) is 11.1. The Kier molecular flexibility index (Phi) is 8.83. The summed E-state index contributed by atoms with van der Waals surface area (Å²) in [5.74, 6) is -0.773. The van der Waals surface area contributed by atoms with E-state index in [0.717, 1.165) is 6.42 Å². The van der Waals surface area contributed by atoms with E-state index in [1.54, 1.807) is 31.2 Å². The second-order valence-corrected chi connectivity index (χ2v) is 8.09. The minimum atomic E-state index is -0.836. The number of nitrogens with zero attached hydrogens (tertiary/aromatic N) is 2. The zero-order valence-electron chi connectivity index (χ0n) is 17.6. The Labute approximate surface area is 191 Å². The lowest BCUT2D eigenvalue weighted by molar-refractivity contribution is -0.385. The molecule has 0 heterocycles. The van der Waals surface area contributed by atoms with E-state index < -0.39 is 16.9 Å². The van der Waals surface area contributed by atoms with Gasteiger partial charge in [0, 0.05) is 39.8 Å². The number of rotatable bonds is 9. The Morgan fingerprint density at radius 3 is 2.29 bits per heavy atom. The van der Waals surface area contributed by atoms with E-state index in [4.69, 9.17) is 23.2 Å². The third-order valence-corrected chi connectivity index (χ3v) is 5.80. The van der Waals surface area contributed by atoms with Gasteiger partial charge in [0.25, 0.3) is 5.69 Å². The summed E-state index contributed by atoms with van der Waals surface area (Å²) in [6, 6.07) is 10.1. The number of hydrogen-bond acceptors (Lipinski definition) is 4. The molecule has 2 atom stereocenters. The standard InChI is InChI=1S/C22H25Cl2N3O4/c1-4-14(2)25-22(29)15(3)26(13-17-18(23)9-7-10-19(17)24)21(28)12-16-8-5-6-11-20(16)27(30)31/h5-11,14-15H,4,12-13H2,1-3H3,(H,25,29)/t14-,15+/m0/s1. The molecular weight excluding hydrogens is 441 g/mol. The molecule has 2 aromatic carbocycles. The first-order valence-corrected chi connectivity index (χ1v) is 10.7. The second-order valence-electron chi connectivity index (χ2n) is 7.28. The SMILES string of the molecule is CC[C@H](C)NC(=O)[C@@H](C)N(Cc1c(Cl)cccc1Cl)C(=O)Cc1ccccc1[N+](=O)[O-]. The van der Waals surface area contributed by atoms with Gasteiger partial charge in [-0.05, 0) is 32.4 Å². The molecule has 2 amide bonds. The molecule has 0 aliphatic heterocycles. The number of para-hydroxylation sites is 1. The van der Waals surface area contributed by atoms with Gasteiger partial charge in [0.05, 0.1) is 11.3 Å². The fraction of sp³-hybridized carbons (Fsp3) is 0.364. The molecular formula is C22H25Cl2N3O4. The van der Waals surface area contributed by atoms with Crippen LogP contribution in [0.15, 0.2) is 42.5 Å². The van der Waals surface area contributed by atoms with Crippen molar-refractivity contribution >= 4 is 40.7 Å². The molecule has 0 saturated heterocycles. The van der Waals surface area contributed by atoms with E-state index in [-0.39, 0.29) is 36.2 Å². The van der Waals surface area contributed by atoms with Crippen LogP contribution in [0, 0.1) is 10.1 Å². The maximum atomic E-state index is 13.3. The molecule has 1 N–H and O–H groups in total. The van der Waals surface area contributed by atoms with Gasteiger partial charge in [-0.1, -0.05) is 54.4 Å². The van der Waals surface area contributed by atoms with Gasteiger partial charge in [-0.15, -0.1) is 0 Å². The van der Waals surface area contributed by atoms with Crippen LogP contribution in [0.1, 0.15) is 38.3 Å². The van der Waals surface area contributed by atoms with E-state index in [1.165, 1.54) is 23.1 Å². The highest BCUT2D eigenvalue weighted by atomic mass is 35.5. The summed E-state index contributed by atoms with van der Waals surface area (Å²) in [5, 5.41) is 14.9. The molecule has 0 aliphatic carbocycles. The van der Waals surface area contributed by atoms with E-state index >= 15 is 0 Å². The Balaban J connectivity index is 2.38. The molecule has 0 bridgehead atoms. The van der Waals surface area contributed by atoms with Crippen LogP contribution in [-0.2, 0) is 22.6 Å². The summed E-state index contributed by atoms with van der Waals surface area (Å²) < 4.78 is 0. The first-order chi connectivity index (χ1) is 14.6. The van der Waals surface area contributed by atoms with E-state index in [0.29, 0.717) is 15.6 Å². The van der Waals surface area contributed by atoms with Crippen molar-refractivity contribution in [3.63, 3.8) is 0 Å². The van der Waals surface area contributed by atoms with Gasteiger partial charge in [0.1, 0.15) is 6.04 Å². The molecule has 7 nitrogen and oxygen atoms in total. The molecule has 0 unspecified atom stereocenters. The van der Waals surface area contributed by atoms with Crippen LogP contribution in [0.4, 0.5) is 5.69 Å². The van der Waals surface area contributed by atoms with Gasteiger partial charge in [-0.25, -0.2) is 0 Å². The summed E-state index contributed by atoms with van der Waals surface area (Å²) in [5.41, 5.74) is 0.621. The maximum absolute atomic E-state index is 13.3. The van der Waals surface area contributed by atoms with Crippen LogP contribution in [0.3, 0.4) is 0 Å². The fourth-order valence-corrected chi connectivity index (χ4v) is 3.52. The molecule has 9 heteroatoms. The molecule has 0 aromatic heterocycles. The molecule has 0 aliphatic rings. The molecule has 0 spiro atoms. The third kappa shape index (κ3) is 6.42. The van der Waals surface area contributed by atoms with Crippen LogP contribution in [0.25, 0.3) is 0 Å². The van der Waals surface area contributed by atoms with Crippen molar-refractivity contribution in [2.45, 2.75) is 52.2 Å². The monoisotopic (exact) mass is 465 g/mol. The van der Waals surface area contributed by atoms with Crippen molar-refractivity contribution in [1.82, 2.24) is 10.2 Å². The lowest BCUT2D eigenvalue weighted by Gasteiger charge is -2.30. The molecule has 2 rings (SSSR count). The predicted molar refractivity (Wildman–Crippen MR) is 121 cm³/mol. The van der Waals surface area contributed by atoms with Gasteiger partial charge >= 0.3 is 0 Å². The maximum Gasteiger partial charge on any atom is 0.273 e. The summed E-state index contributed by atoms with van der Waals surface area (Å²) >= 11 is 12.6. The van der Waals surface area contributed by atoms with E-state index in [9.17, 15) is 19.7 Å². The number of nitro groups is 1. The van der Waals surface area contributed by atoms with Gasteiger partial charge in [0.2, 0.25) is 11.8 Å². The van der Waals surface area contributed by atoms with Crippen LogP contribution in [0.2, 0.25) is 10.0 Å². The Hall–Kier alpha value is -2.64. The summed E-state index contributed by atoms with van der Waals surface area (Å²) in [6.07, 6.45) is 0.499. The highest BCUT2D eigenvalue weighted by molar-refractivity contribution is 6.36. The number of benzene rings is 2. The lowest BCUT2D eigenvalue weighted by atomic mass is 10.1. The number of nitrogens with one attached hydrogen (secondary N) is 1. The van der Waals surface area contributed by atoms with Crippen molar-refractivity contribution in [2.24, 2.45) is 0 Å². The van der Waals surface area contributed by atoms with E-state index in [2.05, 4.69) is 5.32 Å². The van der Waals surface area contributed by atoms with Crippen molar-refractivity contribution < 1.29 is 14.5 Å². The molecule has 166 valence electrons. The highest BCUT2D eigenvalue weighted by Gasteiger charge is 2.29. The van der Waals surface area contributed by atoms with Crippen molar-refractivity contribution in [2.75, 3.05) is 0 Å². The molecule has 0 radical (unpaired) electrons. The topological polar surface area (TPSA) is 92.6 Å². The molecule has 0 fully saturated rings. The quantitative estimate of drug-likeness (QED) is 0.426. The highest BCUT2D eigenvalue weighted by Crippen LogP contribution is 2.27. The van der Waals surface area contributed by atoms with Crippen LogP contribution < -0.4 is 5.32 Å². The zero-order chi connectivity index (χ0) is 23.1. The van der Waals surface area contributed by atoms with Gasteiger partial charge in [-0.2, -0.15) is 0 Å². The fourth-order valence-electron chi connectivity index (χ4n) is 3.00. The summed E-state index contributed by atoms with van der Waals surface area (Å²) in [6.45, 7) is 5.42. The van der Waals surface area contributed by atoms with Gasteiger partial charge in [0.15, 0.2) is 0 Å². The lowest BCUT2D eigenvalue weighted by Crippen LogP contribution is -2.50. The average Bonchev–Trinajstić information content (AvgIpc) is 2.73. The number of amides is 2. The first kappa shape index (κ1) is 24.6. The minimum Gasteiger partial charge on any atom is -0.352 e. The summed E-state index contributed by atoms with van der Waals surface area (Å²) in [4.78, 5) is 38.2. The van der Waals surface area contributed by atoms with Crippen molar-refractivity contribution in [1.29, 1.82) is 0 Å². The van der Waals surface area contributed by atoms with Crippen molar-refractivity contribution in [3.8, 4) is 0 Å². The largest absolute Gasteiger partial charge is 0.352 e. The Morgan fingerprint density at radius 2 is 1.71 bits per heavy atom. The number of halogens is 2. The minimum absolute atomic E-state index is 0.00688. The smallest absolute Gasteiger partial charge is 0.273 e. The van der Waals surface area contributed by atoms with Crippen molar-refractivity contribution in [3.05, 3.63) is 73.8 Å². The van der Waals surface area contributed by atoms with Crippen LogP contribution in [-0.4, -0.2) is 33.7 Å². The van der Waals surface area contributed by atoms with Crippen LogP contribution in [0.5, 0.6) is 0 Å². The average molecular weight is 466 g/mol. The number of hydrogen-bond donors (Lipinski definition) is 1. The molecule has 31 heavy (non-hydrogen) atoms.